The van der Waals surface area contributed by atoms with E-state index in [-0.39, 0.29) is 15.8 Å². The zero-order valence-electron chi connectivity index (χ0n) is 16.1. The van der Waals surface area contributed by atoms with E-state index in [9.17, 15) is 4.21 Å². The molecule has 1 rings (SSSR count). The summed E-state index contributed by atoms with van der Waals surface area (Å²) in [5.41, 5.74) is 0. The Bertz CT molecular complexity index is 544. The Morgan fingerprint density at radius 1 is 1.30 bits per heavy atom. The Morgan fingerprint density at radius 2 is 1.87 bits per heavy atom. The van der Waals surface area contributed by atoms with Gasteiger partial charge in [0.2, 0.25) is 0 Å². The summed E-state index contributed by atoms with van der Waals surface area (Å²) in [6.07, 6.45) is 3.66. The van der Waals surface area contributed by atoms with E-state index in [0.29, 0.717) is 6.61 Å². The van der Waals surface area contributed by atoms with Crippen LogP contribution >= 0.6 is 0 Å². The van der Waals surface area contributed by atoms with Crippen molar-refractivity contribution in [3.05, 3.63) is 18.2 Å². The molecule has 1 aromatic heterocycles. The van der Waals surface area contributed by atoms with Crippen LogP contribution in [0.3, 0.4) is 0 Å². The summed E-state index contributed by atoms with van der Waals surface area (Å²) in [6.45, 7) is 17.5. The highest BCUT2D eigenvalue weighted by Crippen LogP contribution is 2.37. The highest BCUT2D eigenvalue weighted by atomic mass is 32.2. The molecule has 0 spiro atoms. The van der Waals surface area contributed by atoms with Crippen LogP contribution in [-0.4, -0.2) is 33.4 Å². The van der Waals surface area contributed by atoms with Crippen LogP contribution in [0.1, 0.15) is 53.4 Å². The van der Waals surface area contributed by atoms with Crippen LogP contribution in [0.4, 0.5) is 0 Å². The third kappa shape index (κ3) is 5.51. The number of aryl methyl sites for hydroxylation is 1. The van der Waals surface area contributed by atoms with Gasteiger partial charge in [-0.2, -0.15) is 0 Å². The molecule has 0 aliphatic heterocycles. The lowest BCUT2D eigenvalue weighted by Gasteiger charge is -2.37. The van der Waals surface area contributed by atoms with E-state index in [1.807, 2.05) is 38.6 Å². The Morgan fingerprint density at radius 3 is 2.26 bits per heavy atom. The molecule has 1 heterocycles. The molecule has 5 nitrogen and oxygen atoms in total. The van der Waals surface area contributed by atoms with E-state index in [4.69, 9.17) is 4.43 Å². The maximum atomic E-state index is 12.5. The molecule has 0 fully saturated rings. The Labute approximate surface area is 144 Å². The first-order valence-corrected chi connectivity index (χ1v) is 12.1. The molecule has 7 heteroatoms. The summed E-state index contributed by atoms with van der Waals surface area (Å²) in [4.78, 5) is 4.42. The fourth-order valence-electron chi connectivity index (χ4n) is 1.69. The van der Waals surface area contributed by atoms with E-state index >= 15 is 0 Å². The fourth-order valence-corrected chi connectivity index (χ4v) is 3.49. The Kier molecular flexibility index (Phi) is 6.40. The van der Waals surface area contributed by atoms with E-state index in [2.05, 4.69) is 43.6 Å². The average Bonchev–Trinajstić information content (AvgIpc) is 2.77. The fraction of sp³-hybridized carbons (Fsp3) is 0.812. The second-order valence-corrected chi connectivity index (χ2v) is 15.3. The van der Waals surface area contributed by atoms with Gasteiger partial charge in [0.05, 0.1) is 28.4 Å². The van der Waals surface area contributed by atoms with Crippen molar-refractivity contribution in [2.45, 2.75) is 70.5 Å². The van der Waals surface area contributed by atoms with Crippen LogP contribution in [-0.2, 0) is 22.5 Å². The van der Waals surface area contributed by atoms with Crippen molar-refractivity contribution < 1.29 is 8.63 Å². The topological polar surface area (TPSA) is 56.1 Å². The van der Waals surface area contributed by atoms with E-state index < -0.39 is 19.3 Å². The largest absolute Gasteiger partial charge is 0.415 e. The lowest BCUT2D eigenvalue weighted by molar-refractivity contribution is 0.251. The van der Waals surface area contributed by atoms with Crippen molar-refractivity contribution in [1.82, 2.24) is 14.3 Å². The second-order valence-electron chi connectivity index (χ2n) is 8.52. The van der Waals surface area contributed by atoms with Crippen molar-refractivity contribution in [2.24, 2.45) is 7.05 Å². The minimum atomic E-state index is -1.87. The van der Waals surface area contributed by atoms with Crippen LogP contribution in [0.15, 0.2) is 12.4 Å². The van der Waals surface area contributed by atoms with Crippen molar-refractivity contribution in [1.29, 1.82) is 0 Å². The molecule has 1 unspecified atom stereocenters. The predicted octanol–water partition coefficient (Wildman–Crippen LogP) is 3.53. The molecule has 0 saturated heterocycles. The van der Waals surface area contributed by atoms with E-state index in [1.54, 1.807) is 6.20 Å². The summed E-state index contributed by atoms with van der Waals surface area (Å²) in [7, 11) is -1.10. The molecule has 0 aromatic carbocycles. The molecule has 0 aliphatic rings. The highest BCUT2D eigenvalue weighted by molar-refractivity contribution is 7.84. The van der Waals surface area contributed by atoms with Crippen LogP contribution in [0.2, 0.25) is 18.1 Å². The zero-order chi connectivity index (χ0) is 18.1. The van der Waals surface area contributed by atoms with Gasteiger partial charge in [-0.3, -0.25) is 0 Å². The Balaban J connectivity index is 2.94. The van der Waals surface area contributed by atoms with Crippen LogP contribution in [0.5, 0.6) is 0 Å². The van der Waals surface area contributed by atoms with Crippen molar-refractivity contribution in [3.63, 3.8) is 0 Å². The number of aromatic nitrogens is 2. The smallest absolute Gasteiger partial charge is 0.192 e. The number of rotatable bonds is 6. The lowest BCUT2D eigenvalue weighted by atomic mass is 10.2. The molecule has 0 saturated carbocycles. The summed E-state index contributed by atoms with van der Waals surface area (Å²) in [6, 6.07) is -0.191. The third-order valence-corrected chi connectivity index (χ3v) is 10.5. The molecular weight excluding hydrogens is 326 g/mol. The van der Waals surface area contributed by atoms with Gasteiger partial charge in [-0.25, -0.2) is 13.9 Å². The third-order valence-electron chi connectivity index (χ3n) is 4.39. The molecule has 0 radical (unpaired) electrons. The molecule has 1 N–H and O–H groups in total. The van der Waals surface area contributed by atoms with E-state index in [0.717, 1.165) is 5.82 Å². The van der Waals surface area contributed by atoms with Gasteiger partial charge in [-0.15, -0.1) is 0 Å². The Hall–Kier alpha value is -0.503. The van der Waals surface area contributed by atoms with Gasteiger partial charge >= 0.3 is 0 Å². The first kappa shape index (κ1) is 20.5. The van der Waals surface area contributed by atoms with Crippen molar-refractivity contribution >= 4 is 19.3 Å². The maximum absolute atomic E-state index is 12.5. The zero-order valence-corrected chi connectivity index (χ0v) is 17.9. The first-order valence-electron chi connectivity index (χ1n) is 8.05. The van der Waals surface area contributed by atoms with Crippen LogP contribution < -0.4 is 4.72 Å². The van der Waals surface area contributed by atoms with Gasteiger partial charge in [-0.05, 0) is 38.9 Å². The van der Waals surface area contributed by atoms with Gasteiger partial charge in [0.1, 0.15) is 5.82 Å². The van der Waals surface area contributed by atoms with Crippen LogP contribution in [0, 0.1) is 0 Å². The van der Waals surface area contributed by atoms with Gasteiger partial charge in [0.15, 0.2) is 8.32 Å². The van der Waals surface area contributed by atoms with Crippen LogP contribution in [0.25, 0.3) is 0 Å². The maximum Gasteiger partial charge on any atom is 0.192 e. The summed E-state index contributed by atoms with van der Waals surface area (Å²) >= 11 is 0. The molecule has 23 heavy (non-hydrogen) atoms. The van der Waals surface area contributed by atoms with E-state index in [1.165, 1.54) is 0 Å². The quantitative estimate of drug-likeness (QED) is 0.791. The lowest BCUT2D eigenvalue weighted by Crippen LogP contribution is -2.44. The predicted molar refractivity (Wildman–Crippen MR) is 100 cm³/mol. The molecule has 0 bridgehead atoms. The summed E-state index contributed by atoms with van der Waals surface area (Å²) in [5, 5.41) is 0.141. The van der Waals surface area contributed by atoms with Crippen molar-refractivity contribution in [3.8, 4) is 0 Å². The average molecular weight is 360 g/mol. The minimum Gasteiger partial charge on any atom is -0.415 e. The number of nitrogens with one attached hydrogen (secondary N) is 1. The molecule has 0 aliphatic carbocycles. The normalized spacial score (nSPS) is 16.4. The SMILES string of the molecule is Cn1ccnc1[C@@H](CO[Si](C)(C)C(C)(C)C)NS(=O)C(C)(C)C. The first-order chi connectivity index (χ1) is 10.3. The summed E-state index contributed by atoms with van der Waals surface area (Å²) < 4.78 is 23.7. The van der Waals surface area contributed by atoms with Gasteiger partial charge in [-0.1, -0.05) is 20.8 Å². The second kappa shape index (κ2) is 7.17. The molecule has 134 valence electrons. The van der Waals surface area contributed by atoms with Crippen molar-refractivity contribution in [2.75, 3.05) is 6.61 Å². The monoisotopic (exact) mass is 359 g/mol. The standard InChI is InChI=1S/C16H33N3O2SSi/c1-15(2,3)22(20)18-13(14-17-10-11-19(14)7)12-21-23(8,9)16(4,5)6/h10-11,13,18H,12H2,1-9H3/t13-,22?/m1/s1. The van der Waals surface area contributed by atoms with Gasteiger partial charge in [0.25, 0.3) is 0 Å². The number of hydrogen-bond donors (Lipinski definition) is 1. The summed E-state index contributed by atoms with van der Waals surface area (Å²) in [5.74, 6) is 0.848. The molecule has 2 atom stereocenters. The number of hydrogen-bond acceptors (Lipinski definition) is 3. The van der Waals surface area contributed by atoms with Gasteiger partial charge < -0.3 is 8.99 Å². The molecule has 1 aromatic rings. The van der Waals surface area contributed by atoms with Gasteiger partial charge in [0, 0.05) is 19.4 Å². The highest BCUT2D eigenvalue weighted by Gasteiger charge is 2.38. The number of nitrogens with zero attached hydrogens (tertiary/aromatic N) is 2. The molecule has 0 amide bonds. The molecular formula is C16H33N3O2SSi. The minimum absolute atomic E-state index is 0.141. The number of imidazole rings is 1.